The summed E-state index contributed by atoms with van der Waals surface area (Å²) in [5.41, 5.74) is 1.48. The van der Waals surface area contributed by atoms with Crippen molar-refractivity contribution in [1.29, 1.82) is 0 Å². The van der Waals surface area contributed by atoms with Gasteiger partial charge in [-0.15, -0.1) is 0 Å². The van der Waals surface area contributed by atoms with Gasteiger partial charge in [0.1, 0.15) is 11.9 Å². The molecule has 0 aromatic heterocycles. The Morgan fingerprint density at radius 2 is 1.58 bits per heavy atom. The summed E-state index contributed by atoms with van der Waals surface area (Å²) < 4.78 is 12.9. The lowest BCUT2D eigenvalue weighted by molar-refractivity contribution is -0.133. The van der Waals surface area contributed by atoms with E-state index in [-0.39, 0.29) is 11.8 Å². The van der Waals surface area contributed by atoms with E-state index in [1.165, 1.54) is 24.3 Å². The number of para-hydroxylation sites is 1. The van der Waals surface area contributed by atoms with Crippen LogP contribution in [-0.4, -0.2) is 48.9 Å². The molecule has 1 heterocycles. The van der Waals surface area contributed by atoms with Crippen LogP contribution in [0.3, 0.4) is 0 Å². The first-order valence-corrected chi connectivity index (χ1v) is 8.70. The van der Waals surface area contributed by atoms with E-state index in [0.29, 0.717) is 18.7 Å². The fraction of sp³-hybridized carbons (Fsp3) is 0.300. The largest absolute Gasteiger partial charge is 0.368 e. The summed E-state index contributed by atoms with van der Waals surface area (Å²) in [5.74, 6) is -0.885. The Morgan fingerprint density at radius 1 is 0.962 bits per heavy atom. The fourth-order valence-corrected chi connectivity index (χ4v) is 3.04. The average Bonchev–Trinajstić information content (AvgIpc) is 2.68. The van der Waals surface area contributed by atoms with Crippen LogP contribution in [0.2, 0.25) is 0 Å². The molecule has 1 aliphatic rings. The van der Waals surface area contributed by atoms with E-state index in [4.69, 9.17) is 0 Å². The first-order chi connectivity index (χ1) is 12.5. The summed E-state index contributed by atoms with van der Waals surface area (Å²) in [6.07, 6.45) is 0. The van der Waals surface area contributed by atoms with Gasteiger partial charge >= 0.3 is 0 Å². The summed E-state index contributed by atoms with van der Waals surface area (Å²) in [6.45, 7) is 4.42. The highest BCUT2D eigenvalue weighted by molar-refractivity contribution is 5.97. The van der Waals surface area contributed by atoms with Gasteiger partial charge in [0.15, 0.2) is 0 Å². The Kier molecular flexibility index (Phi) is 5.51. The lowest BCUT2D eigenvalue weighted by Gasteiger charge is -2.37. The molecule has 1 atom stereocenters. The smallest absolute Gasteiger partial charge is 0.251 e. The van der Waals surface area contributed by atoms with Gasteiger partial charge in [0.25, 0.3) is 5.91 Å². The number of amides is 2. The third-order valence-corrected chi connectivity index (χ3v) is 4.54. The number of hydrogen-bond acceptors (Lipinski definition) is 3. The topological polar surface area (TPSA) is 52.7 Å². The van der Waals surface area contributed by atoms with Gasteiger partial charge < -0.3 is 15.1 Å². The van der Waals surface area contributed by atoms with Crippen molar-refractivity contribution in [2.45, 2.75) is 13.0 Å². The van der Waals surface area contributed by atoms with E-state index < -0.39 is 11.9 Å². The Morgan fingerprint density at radius 3 is 2.19 bits per heavy atom. The summed E-state index contributed by atoms with van der Waals surface area (Å²) in [4.78, 5) is 28.8. The van der Waals surface area contributed by atoms with Crippen molar-refractivity contribution in [1.82, 2.24) is 10.2 Å². The number of carbonyl (C=O) groups is 2. The first kappa shape index (κ1) is 17.9. The quantitative estimate of drug-likeness (QED) is 0.916. The minimum Gasteiger partial charge on any atom is -0.368 e. The zero-order valence-corrected chi connectivity index (χ0v) is 14.7. The molecule has 0 bridgehead atoms. The number of piperazine rings is 1. The second-order valence-corrected chi connectivity index (χ2v) is 6.35. The Labute approximate surface area is 152 Å². The number of benzene rings is 2. The van der Waals surface area contributed by atoms with Crippen LogP contribution < -0.4 is 10.2 Å². The van der Waals surface area contributed by atoms with Gasteiger partial charge in [-0.2, -0.15) is 0 Å². The molecule has 0 saturated carbocycles. The van der Waals surface area contributed by atoms with Crippen LogP contribution in [0.25, 0.3) is 0 Å². The van der Waals surface area contributed by atoms with Gasteiger partial charge in [0.05, 0.1) is 0 Å². The average molecular weight is 355 g/mol. The van der Waals surface area contributed by atoms with Crippen molar-refractivity contribution in [2.75, 3.05) is 31.1 Å². The fourth-order valence-electron chi connectivity index (χ4n) is 3.04. The minimum atomic E-state index is -0.629. The van der Waals surface area contributed by atoms with Crippen LogP contribution in [0, 0.1) is 5.82 Å². The number of anilines is 1. The number of halogens is 1. The maximum absolute atomic E-state index is 12.9. The van der Waals surface area contributed by atoms with Gasteiger partial charge in [-0.25, -0.2) is 4.39 Å². The highest BCUT2D eigenvalue weighted by Gasteiger charge is 2.26. The van der Waals surface area contributed by atoms with Crippen molar-refractivity contribution in [3.8, 4) is 0 Å². The second kappa shape index (κ2) is 7.99. The molecule has 26 heavy (non-hydrogen) atoms. The SMILES string of the molecule is C[C@@H](NC(=O)c1ccc(F)cc1)C(=O)N1CCN(c2ccccc2)CC1. The maximum Gasteiger partial charge on any atom is 0.251 e. The van der Waals surface area contributed by atoms with Crippen molar-refractivity contribution >= 4 is 17.5 Å². The van der Waals surface area contributed by atoms with Crippen LogP contribution in [-0.2, 0) is 4.79 Å². The first-order valence-electron chi connectivity index (χ1n) is 8.70. The summed E-state index contributed by atoms with van der Waals surface area (Å²) in [6, 6.07) is 14.7. The van der Waals surface area contributed by atoms with Crippen LogP contribution in [0.15, 0.2) is 54.6 Å². The van der Waals surface area contributed by atoms with E-state index >= 15 is 0 Å². The second-order valence-electron chi connectivity index (χ2n) is 6.35. The van der Waals surface area contributed by atoms with E-state index in [1.807, 2.05) is 18.2 Å². The number of rotatable bonds is 4. The molecule has 0 aliphatic carbocycles. The predicted molar refractivity (Wildman–Crippen MR) is 98.6 cm³/mol. The van der Waals surface area contributed by atoms with Crippen LogP contribution in [0.4, 0.5) is 10.1 Å². The summed E-state index contributed by atoms with van der Waals surface area (Å²) >= 11 is 0. The molecule has 1 fully saturated rings. The van der Waals surface area contributed by atoms with Crippen molar-refractivity contribution in [3.63, 3.8) is 0 Å². The summed E-state index contributed by atoms with van der Waals surface area (Å²) in [7, 11) is 0. The number of carbonyl (C=O) groups excluding carboxylic acids is 2. The lowest BCUT2D eigenvalue weighted by Crippen LogP contribution is -2.54. The van der Waals surface area contributed by atoms with Gasteiger partial charge in [0, 0.05) is 37.4 Å². The van der Waals surface area contributed by atoms with Gasteiger partial charge in [-0.3, -0.25) is 9.59 Å². The highest BCUT2D eigenvalue weighted by Crippen LogP contribution is 2.16. The molecule has 5 nitrogen and oxygen atoms in total. The third-order valence-electron chi connectivity index (χ3n) is 4.54. The predicted octanol–water partition coefficient (Wildman–Crippen LogP) is 2.29. The van der Waals surface area contributed by atoms with Gasteiger partial charge in [-0.05, 0) is 43.3 Å². The molecule has 2 aromatic carbocycles. The maximum atomic E-state index is 12.9. The lowest BCUT2D eigenvalue weighted by atomic mass is 10.1. The molecule has 136 valence electrons. The Bertz CT molecular complexity index is 756. The molecule has 6 heteroatoms. The number of hydrogen-bond donors (Lipinski definition) is 1. The van der Waals surface area contributed by atoms with Crippen LogP contribution in [0.5, 0.6) is 0 Å². The minimum absolute atomic E-state index is 0.104. The molecule has 3 rings (SSSR count). The van der Waals surface area contributed by atoms with Crippen molar-refractivity contribution < 1.29 is 14.0 Å². The third kappa shape index (κ3) is 4.20. The molecule has 0 radical (unpaired) electrons. The Balaban J connectivity index is 1.53. The van der Waals surface area contributed by atoms with Crippen LogP contribution >= 0.6 is 0 Å². The molecule has 0 unspecified atom stereocenters. The standard InChI is InChI=1S/C20H22FN3O2/c1-15(22-19(25)16-7-9-17(21)10-8-16)20(26)24-13-11-23(12-14-24)18-5-3-2-4-6-18/h2-10,15H,11-14H2,1H3,(H,22,25)/t15-/m1/s1. The monoisotopic (exact) mass is 355 g/mol. The van der Waals surface area contributed by atoms with Crippen LogP contribution in [0.1, 0.15) is 17.3 Å². The van der Waals surface area contributed by atoms with Crippen molar-refractivity contribution in [2.24, 2.45) is 0 Å². The molecule has 1 saturated heterocycles. The number of nitrogens with zero attached hydrogens (tertiary/aromatic N) is 2. The molecule has 1 aliphatic heterocycles. The van der Waals surface area contributed by atoms with E-state index in [2.05, 4.69) is 22.3 Å². The highest BCUT2D eigenvalue weighted by atomic mass is 19.1. The summed E-state index contributed by atoms with van der Waals surface area (Å²) in [5, 5.41) is 2.69. The normalized spacial score (nSPS) is 15.5. The molecule has 2 aromatic rings. The molecule has 2 amide bonds. The molecular formula is C20H22FN3O2. The van der Waals surface area contributed by atoms with Crippen molar-refractivity contribution in [3.05, 3.63) is 66.0 Å². The molecular weight excluding hydrogens is 333 g/mol. The molecule has 1 N–H and O–H groups in total. The zero-order valence-electron chi connectivity index (χ0n) is 14.7. The van der Waals surface area contributed by atoms with E-state index in [1.54, 1.807) is 11.8 Å². The molecule has 0 spiro atoms. The van der Waals surface area contributed by atoms with Gasteiger partial charge in [-0.1, -0.05) is 18.2 Å². The van der Waals surface area contributed by atoms with E-state index in [9.17, 15) is 14.0 Å². The Hall–Kier alpha value is -2.89. The number of nitrogens with one attached hydrogen (secondary N) is 1. The van der Waals surface area contributed by atoms with E-state index in [0.717, 1.165) is 18.8 Å². The van der Waals surface area contributed by atoms with Gasteiger partial charge in [0.2, 0.25) is 5.91 Å². The zero-order chi connectivity index (χ0) is 18.5.